The molecule has 0 unspecified atom stereocenters. The number of rotatable bonds is 6. The van der Waals surface area contributed by atoms with E-state index in [9.17, 15) is 22.0 Å². The van der Waals surface area contributed by atoms with E-state index >= 15 is 0 Å². The molecule has 0 saturated heterocycles. The van der Waals surface area contributed by atoms with Crippen LogP contribution in [0.3, 0.4) is 0 Å². The van der Waals surface area contributed by atoms with Crippen LogP contribution in [0.2, 0.25) is 0 Å². The van der Waals surface area contributed by atoms with Crippen molar-refractivity contribution in [2.75, 3.05) is 13.1 Å². The number of hydrogen-bond donors (Lipinski definition) is 2. The van der Waals surface area contributed by atoms with E-state index in [4.69, 9.17) is 0 Å². The predicted octanol–water partition coefficient (Wildman–Crippen LogP) is 1.98. The van der Waals surface area contributed by atoms with E-state index in [1.807, 2.05) is 6.92 Å². The van der Waals surface area contributed by atoms with Crippen molar-refractivity contribution in [3.05, 3.63) is 65.2 Å². The lowest BCUT2D eigenvalue weighted by molar-refractivity contribution is 0.0953. The van der Waals surface area contributed by atoms with Gasteiger partial charge in [-0.3, -0.25) is 4.79 Å². The lowest BCUT2D eigenvalue weighted by Crippen LogP contribution is -2.34. The summed E-state index contributed by atoms with van der Waals surface area (Å²) in [4.78, 5) is 11.9. The Morgan fingerprint density at radius 3 is 2.17 bits per heavy atom. The number of sulfonamides is 1. The van der Waals surface area contributed by atoms with Crippen molar-refractivity contribution >= 4 is 15.9 Å². The summed E-state index contributed by atoms with van der Waals surface area (Å²) in [7, 11) is -3.67. The molecule has 2 aromatic rings. The first-order chi connectivity index (χ1) is 11.3. The standard InChI is InChI=1S/C16H16F2N2O3S/c1-11-2-4-15(5-3-11)24(22,23)20-7-6-19-16(21)12-8-13(17)10-14(18)9-12/h2-5,8-10,20H,6-7H2,1H3,(H,19,21). The highest BCUT2D eigenvalue weighted by molar-refractivity contribution is 7.89. The lowest BCUT2D eigenvalue weighted by atomic mass is 10.2. The molecule has 0 fully saturated rings. The van der Waals surface area contributed by atoms with E-state index in [1.165, 1.54) is 12.1 Å². The second-order valence-corrected chi connectivity index (χ2v) is 6.89. The number of hydrogen-bond acceptors (Lipinski definition) is 3. The SMILES string of the molecule is Cc1ccc(S(=O)(=O)NCCNC(=O)c2cc(F)cc(F)c2)cc1. The Morgan fingerprint density at radius 1 is 1.00 bits per heavy atom. The molecule has 5 nitrogen and oxygen atoms in total. The van der Waals surface area contributed by atoms with Crippen molar-refractivity contribution in [1.82, 2.24) is 10.0 Å². The topological polar surface area (TPSA) is 75.3 Å². The van der Waals surface area contributed by atoms with Gasteiger partial charge >= 0.3 is 0 Å². The number of benzene rings is 2. The van der Waals surface area contributed by atoms with E-state index < -0.39 is 27.6 Å². The third-order valence-electron chi connectivity index (χ3n) is 3.16. The maximum absolute atomic E-state index is 13.0. The van der Waals surface area contributed by atoms with Gasteiger partial charge in [-0.15, -0.1) is 0 Å². The Morgan fingerprint density at radius 2 is 1.58 bits per heavy atom. The normalized spacial score (nSPS) is 11.3. The summed E-state index contributed by atoms with van der Waals surface area (Å²) >= 11 is 0. The Kier molecular flexibility index (Phi) is 5.63. The zero-order valence-corrected chi connectivity index (χ0v) is 13.7. The van der Waals surface area contributed by atoms with Crippen LogP contribution in [-0.2, 0) is 10.0 Å². The third-order valence-corrected chi connectivity index (χ3v) is 4.64. The second-order valence-electron chi connectivity index (χ2n) is 5.12. The maximum atomic E-state index is 13.0. The molecule has 128 valence electrons. The first kappa shape index (κ1) is 18.0. The minimum Gasteiger partial charge on any atom is -0.351 e. The van der Waals surface area contributed by atoms with Gasteiger partial charge in [0.15, 0.2) is 0 Å². The van der Waals surface area contributed by atoms with Crippen LogP contribution in [0.4, 0.5) is 8.78 Å². The molecule has 0 heterocycles. The predicted molar refractivity (Wildman–Crippen MR) is 85.1 cm³/mol. The van der Waals surface area contributed by atoms with Crippen molar-refractivity contribution in [3.8, 4) is 0 Å². The zero-order valence-electron chi connectivity index (χ0n) is 12.8. The Bertz CT molecular complexity index is 817. The molecule has 2 aromatic carbocycles. The summed E-state index contributed by atoms with van der Waals surface area (Å²) in [5.74, 6) is -2.41. The van der Waals surface area contributed by atoms with Crippen LogP contribution >= 0.6 is 0 Å². The van der Waals surface area contributed by atoms with Gasteiger partial charge in [-0.05, 0) is 31.2 Å². The Hall–Kier alpha value is -2.32. The molecule has 0 aliphatic carbocycles. The van der Waals surface area contributed by atoms with Gasteiger partial charge in [0.1, 0.15) is 11.6 Å². The number of carbonyl (C=O) groups is 1. The van der Waals surface area contributed by atoms with Crippen LogP contribution in [0.15, 0.2) is 47.4 Å². The minimum atomic E-state index is -3.67. The van der Waals surface area contributed by atoms with Gasteiger partial charge in [-0.2, -0.15) is 0 Å². The van der Waals surface area contributed by atoms with Crippen LogP contribution in [0, 0.1) is 18.6 Å². The van der Waals surface area contributed by atoms with Gasteiger partial charge in [0.2, 0.25) is 10.0 Å². The summed E-state index contributed by atoms with van der Waals surface area (Å²) in [5.41, 5.74) is 0.762. The highest BCUT2D eigenvalue weighted by Gasteiger charge is 2.13. The van der Waals surface area contributed by atoms with Gasteiger partial charge < -0.3 is 5.32 Å². The van der Waals surface area contributed by atoms with Crippen LogP contribution < -0.4 is 10.0 Å². The fourth-order valence-electron chi connectivity index (χ4n) is 1.95. The van der Waals surface area contributed by atoms with Gasteiger partial charge in [-0.1, -0.05) is 17.7 Å². The Balaban J connectivity index is 1.88. The molecule has 0 aromatic heterocycles. The average Bonchev–Trinajstić information content (AvgIpc) is 2.51. The molecule has 2 N–H and O–H groups in total. The monoisotopic (exact) mass is 354 g/mol. The number of carbonyl (C=O) groups excluding carboxylic acids is 1. The molecule has 0 spiro atoms. The highest BCUT2D eigenvalue weighted by atomic mass is 32.2. The Labute approximate surface area is 138 Å². The number of halogens is 2. The molecule has 0 atom stereocenters. The zero-order chi connectivity index (χ0) is 17.7. The van der Waals surface area contributed by atoms with E-state index in [0.29, 0.717) is 6.07 Å². The van der Waals surface area contributed by atoms with Crippen LogP contribution in [0.25, 0.3) is 0 Å². The fourth-order valence-corrected chi connectivity index (χ4v) is 2.98. The first-order valence-electron chi connectivity index (χ1n) is 7.08. The molecule has 0 radical (unpaired) electrons. The molecular weight excluding hydrogens is 338 g/mol. The van der Waals surface area contributed by atoms with Crippen molar-refractivity contribution in [3.63, 3.8) is 0 Å². The van der Waals surface area contributed by atoms with Crippen molar-refractivity contribution in [2.45, 2.75) is 11.8 Å². The van der Waals surface area contributed by atoms with Gasteiger partial charge in [-0.25, -0.2) is 21.9 Å². The highest BCUT2D eigenvalue weighted by Crippen LogP contribution is 2.09. The second kappa shape index (κ2) is 7.50. The maximum Gasteiger partial charge on any atom is 0.251 e. The summed E-state index contributed by atoms with van der Waals surface area (Å²) in [6.45, 7) is 1.76. The summed E-state index contributed by atoms with van der Waals surface area (Å²) in [5, 5.41) is 2.39. The largest absolute Gasteiger partial charge is 0.351 e. The summed E-state index contributed by atoms with van der Waals surface area (Å²) in [6.07, 6.45) is 0. The summed E-state index contributed by atoms with van der Waals surface area (Å²) < 4.78 is 52.5. The number of aryl methyl sites for hydroxylation is 1. The van der Waals surface area contributed by atoms with Crippen molar-refractivity contribution in [1.29, 1.82) is 0 Å². The number of nitrogens with one attached hydrogen (secondary N) is 2. The number of amides is 1. The average molecular weight is 354 g/mol. The molecule has 0 bridgehead atoms. The molecule has 0 aliphatic rings. The van der Waals surface area contributed by atoms with Crippen molar-refractivity contribution < 1.29 is 22.0 Å². The molecule has 24 heavy (non-hydrogen) atoms. The van der Waals surface area contributed by atoms with Gasteiger partial charge in [0, 0.05) is 24.7 Å². The van der Waals surface area contributed by atoms with E-state index in [0.717, 1.165) is 17.7 Å². The van der Waals surface area contributed by atoms with Gasteiger partial charge in [0.05, 0.1) is 4.90 Å². The first-order valence-corrected chi connectivity index (χ1v) is 8.57. The smallest absolute Gasteiger partial charge is 0.251 e. The molecule has 1 amide bonds. The van der Waals surface area contributed by atoms with Gasteiger partial charge in [0.25, 0.3) is 5.91 Å². The lowest BCUT2D eigenvalue weighted by Gasteiger charge is -2.08. The quantitative estimate of drug-likeness (QED) is 0.779. The summed E-state index contributed by atoms with van der Waals surface area (Å²) in [6, 6.07) is 8.76. The molecule has 8 heteroatoms. The molecule has 0 aliphatic heterocycles. The third kappa shape index (κ3) is 4.84. The van der Waals surface area contributed by atoms with Crippen molar-refractivity contribution in [2.24, 2.45) is 0 Å². The van der Waals surface area contributed by atoms with Crippen LogP contribution in [-0.4, -0.2) is 27.4 Å². The van der Waals surface area contributed by atoms with Crippen LogP contribution in [0.5, 0.6) is 0 Å². The van der Waals surface area contributed by atoms with E-state index in [-0.39, 0.29) is 23.5 Å². The van der Waals surface area contributed by atoms with E-state index in [2.05, 4.69) is 10.0 Å². The molecule has 2 rings (SSSR count). The molecule has 0 saturated carbocycles. The fraction of sp³-hybridized carbons (Fsp3) is 0.188. The van der Waals surface area contributed by atoms with Crippen LogP contribution in [0.1, 0.15) is 15.9 Å². The minimum absolute atomic E-state index is 0.0257. The van der Waals surface area contributed by atoms with E-state index in [1.54, 1.807) is 12.1 Å². The molecular formula is C16H16F2N2O3S.